The van der Waals surface area contributed by atoms with Crippen LogP contribution in [-0.4, -0.2) is 162 Å². The summed E-state index contributed by atoms with van der Waals surface area (Å²) in [6.07, 6.45) is 6.35. The minimum atomic E-state index is -1.55. The minimum Gasteiger partial charge on any atom is -0.497 e. The van der Waals surface area contributed by atoms with Gasteiger partial charge >= 0.3 is 0 Å². The highest BCUT2D eigenvalue weighted by Crippen LogP contribution is 2.37. The van der Waals surface area contributed by atoms with Crippen LogP contribution in [0.3, 0.4) is 0 Å². The standard InChI is InChI=1S/C20H29O2PSi2.2C17H21O2PSi.C16H17O4P.C16H17O3P.2C15H15O3P/c1-22-20-18(23-17-11-9-8-10-15(17)14-21)12-16(24(2,3)4)13-19(20)25(5,6)7;1-19-17-15(10-7-11-16(17)21(2,3)4)20-14-9-6-5-8-13(14)12-18;1-19-15-10-9-14(21(2,3)4)11-17(15)20-16-8-6-5-7-13(16)12-18;1-18-12-8-13(19-2)16(20-3)15(9-12)21-14-7-5-4-6-11(14)10-17;1-11-6-4-7-12(10-17)16(11)20-14-9-5-8-13(18-2)15(14)19-3;1-17-12-7-5-9-14(15(12)18-2)19-13-8-4-3-6-11(13)10-16;1-17-12-7-8-13(18-2)15(9-12)19-14-6-4-3-5-11(14)10-16/h8-14,23H,1-7H3;2*5-12,20H,1-4H3;4-10,21H,1-3H3;4-10,20H,1-3H3;2*3-10,19H,1-2H3. The summed E-state index contributed by atoms with van der Waals surface area (Å²) in [5, 5.41) is 20.4. The van der Waals surface area contributed by atoms with Crippen LogP contribution >= 0.6 is 60.1 Å². The molecule has 0 saturated heterocycles. The molecule has 14 aromatic carbocycles. The number of aryl methyl sites for hydroxylation is 1. The molecule has 19 nitrogen and oxygen atoms in total. The molecule has 146 heavy (non-hydrogen) atoms. The maximum absolute atomic E-state index is 11.4. The van der Waals surface area contributed by atoms with E-state index in [1.807, 2.05) is 219 Å². The summed E-state index contributed by atoms with van der Waals surface area (Å²) in [5.74, 6) is 9.35. The van der Waals surface area contributed by atoms with Gasteiger partial charge in [-0.05, 0) is 102 Å². The summed E-state index contributed by atoms with van der Waals surface area (Å²) in [6.45, 7) is 30.2. The molecule has 14 rings (SSSR count). The number of hydrogen-bond acceptors (Lipinski definition) is 19. The average Bonchev–Trinajstić information content (AvgIpc) is 0.771. The van der Waals surface area contributed by atoms with E-state index in [4.69, 9.17) is 56.8 Å². The van der Waals surface area contributed by atoms with Gasteiger partial charge in [0.1, 0.15) is 34.5 Å². The SMILES string of the molecule is COc1c(Pc2ccccc2C=O)cc([Si](C)(C)C)cc1[Si](C)(C)C.COc1c(Pc2ccccc2C=O)cccc1[Si](C)(C)C.COc1cc(OC)c(OC)c(Pc2ccccc2C=O)c1.COc1ccc(OC)c(Pc2ccccc2C=O)c1.COc1ccc([Si](C)(C)C)cc1Pc1ccccc1C=O.COc1cccc(Pc2c(C)cccc2C=O)c1OC.COc1cccc(Pc2ccccc2C=O)c1OC. The highest BCUT2D eigenvalue weighted by Gasteiger charge is 2.30. The van der Waals surface area contributed by atoms with Crippen molar-refractivity contribution in [1.82, 2.24) is 0 Å². The van der Waals surface area contributed by atoms with Crippen molar-refractivity contribution in [2.45, 2.75) is 85.5 Å². The average molecular weight is 2160 g/mol. The predicted molar refractivity (Wildman–Crippen MR) is 636 cm³/mol. The molecule has 0 saturated carbocycles. The number of benzene rings is 14. The maximum Gasteiger partial charge on any atom is 0.168 e. The van der Waals surface area contributed by atoms with Crippen molar-refractivity contribution in [3.8, 4) is 69.0 Å². The molecule has 0 heterocycles. The molecular weight excluding hydrogens is 2030 g/mol. The maximum atomic E-state index is 11.4. The van der Waals surface area contributed by atoms with Crippen molar-refractivity contribution in [3.05, 3.63) is 324 Å². The van der Waals surface area contributed by atoms with Gasteiger partial charge in [-0.1, -0.05) is 380 Å². The fourth-order valence-electron chi connectivity index (χ4n) is 14.9. The highest BCUT2D eigenvalue weighted by atomic mass is 31.1. The number of para-hydroxylation sites is 3. The van der Waals surface area contributed by atoms with Gasteiger partial charge in [0.15, 0.2) is 78.5 Å². The Balaban J connectivity index is 0.000000208. The van der Waals surface area contributed by atoms with Crippen LogP contribution in [0.15, 0.2) is 279 Å². The van der Waals surface area contributed by atoms with Gasteiger partial charge in [-0.2, -0.15) is 0 Å². The topological polar surface area (TPSA) is 230 Å². The zero-order valence-electron chi connectivity index (χ0n) is 87.9. The van der Waals surface area contributed by atoms with Gasteiger partial charge in [0.2, 0.25) is 0 Å². The number of rotatable bonds is 37. The van der Waals surface area contributed by atoms with Crippen molar-refractivity contribution in [2.75, 3.05) is 85.3 Å². The third kappa shape index (κ3) is 34.2. The van der Waals surface area contributed by atoms with Crippen LogP contribution < -0.4 is 152 Å². The predicted octanol–water partition coefficient (Wildman–Crippen LogP) is 17.5. The molecule has 7 atom stereocenters. The molecule has 7 unspecified atom stereocenters. The lowest BCUT2D eigenvalue weighted by molar-refractivity contribution is 0.111. The van der Waals surface area contributed by atoms with Crippen molar-refractivity contribution in [3.63, 3.8) is 0 Å². The van der Waals surface area contributed by atoms with Gasteiger partial charge in [-0.15, -0.1) is 0 Å². The Hall–Kier alpha value is -11.8. The Labute approximate surface area is 878 Å². The lowest BCUT2D eigenvalue weighted by atomic mass is 10.1. The van der Waals surface area contributed by atoms with Crippen LogP contribution in [-0.2, 0) is 0 Å². The lowest BCUT2D eigenvalue weighted by Gasteiger charge is -2.27. The Bertz CT molecular complexity index is 6630. The van der Waals surface area contributed by atoms with E-state index in [1.165, 1.54) is 36.7 Å². The first kappa shape index (κ1) is 119. The van der Waals surface area contributed by atoms with Crippen molar-refractivity contribution in [2.24, 2.45) is 0 Å². The summed E-state index contributed by atoms with van der Waals surface area (Å²) in [5.41, 5.74) is 6.24. The minimum absolute atomic E-state index is 0.271. The first-order valence-electron chi connectivity index (χ1n) is 46.7. The van der Waals surface area contributed by atoms with Gasteiger partial charge in [-0.3, -0.25) is 33.6 Å². The number of carbonyl (C=O) groups excluding carboxylic acids is 7. The molecule has 0 aliphatic rings. The van der Waals surface area contributed by atoms with E-state index < -0.39 is 32.3 Å². The van der Waals surface area contributed by atoms with Crippen LogP contribution in [0.4, 0.5) is 0 Å². The molecule has 0 aliphatic carbocycles. The number of hydrogen-bond donors (Lipinski definition) is 0. The van der Waals surface area contributed by atoms with Gasteiger partial charge in [0.25, 0.3) is 0 Å². The van der Waals surface area contributed by atoms with E-state index in [9.17, 15) is 33.6 Å². The summed E-state index contributed by atoms with van der Waals surface area (Å²) >= 11 is 0. The second-order valence-electron chi connectivity index (χ2n) is 36.7. The fraction of sp³-hybridized carbons (Fsp3) is 0.216. The first-order valence-corrected chi connectivity index (χ1v) is 67.7. The lowest BCUT2D eigenvalue weighted by Crippen LogP contribution is -2.47. The Kier molecular flexibility index (Phi) is 48.5. The number of carbonyl (C=O) groups is 7. The van der Waals surface area contributed by atoms with E-state index in [0.717, 1.165) is 170 Å². The van der Waals surface area contributed by atoms with Crippen LogP contribution in [0.1, 0.15) is 78.1 Å². The molecule has 30 heteroatoms. The van der Waals surface area contributed by atoms with Gasteiger partial charge < -0.3 is 56.8 Å². The first-order chi connectivity index (χ1) is 70.0. The summed E-state index contributed by atoms with van der Waals surface area (Å²) < 4.78 is 65.2. The molecule has 0 bridgehead atoms. The van der Waals surface area contributed by atoms with Crippen LogP contribution in [0.2, 0.25) is 78.6 Å². The van der Waals surface area contributed by atoms with E-state index in [0.29, 0.717) is 96.9 Å². The third-order valence-electron chi connectivity index (χ3n) is 22.8. The molecule has 0 spiro atoms. The molecule has 0 aromatic heterocycles. The summed E-state index contributed by atoms with van der Waals surface area (Å²) in [6, 6.07) is 90.3. The zero-order valence-corrected chi connectivity index (χ0v) is 98.9. The van der Waals surface area contributed by atoms with Gasteiger partial charge in [0.05, 0.1) is 118 Å². The summed E-state index contributed by atoms with van der Waals surface area (Å²) in [4.78, 5) is 78.2. The third-order valence-corrected chi connectivity index (χ3v) is 40.7. The van der Waals surface area contributed by atoms with E-state index in [2.05, 4.69) is 133 Å². The van der Waals surface area contributed by atoms with Crippen LogP contribution in [0, 0.1) is 6.92 Å². The zero-order chi connectivity index (χ0) is 107. The van der Waals surface area contributed by atoms with Crippen molar-refractivity contribution >= 4 is 231 Å². The quantitative estimate of drug-likeness (QED) is 0.0200. The monoisotopic (exact) mass is 2160 g/mol. The van der Waals surface area contributed by atoms with Gasteiger partial charge in [-0.25, -0.2) is 0 Å². The van der Waals surface area contributed by atoms with Crippen molar-refractivity contribution in [1.29, 1.82) is 0 Å². The van der Waals surface area contributed by atoms with Crippen LogP contribution in [0.5, 0.6) is 69.0 Å². The highest BCUT2D eigenvalue weighted by molar-refractivity contribution is 7.58. The number of methoxy groups -OCH3 is 12. The Morgan fingerprint density at radius 1 is 0.192 bits per heavy atom. The van der Waals surface area contributed by atoms with E-state index >= 15 is 0 Å². The molecule has 14 aromatic rings. The number of aldehydes is 7. The van der Waals surface area contributed by atoms with Crippen molar-refractivity contribution < 1.29 is 90.4 Å². The molecule has 0 amide bonds. The second-order valence-corrected chi connectivity index (χ2v) is 66.2. The van der Waals surface area contributed by atoms with E-state index in [1.54, 1.807) is 97.5 Å². The molecule has 0 aliphatic heterocycles. The summed E-state index contributed by atoms with van der Waals surface area (Å²) in [7, 11) is 16.6. The molecule has 764 valence electrons. The smallest absolute Gasteiger partial charge is 0.168 e. The molecule has 0 fully saturated rings. The van der Waals surface area contributed by atoms with Gasteiger partial charge in [0, 0.05) is 82.1 Å². The fourth-order valence-corrected chi connectivity index (χ4v) is 30.1. The molecular formula is C116H135O19P7Si4. The Morgan fingerprint density at radius 2 is 0.473 bits per heavy atom. The second kappa shape index (κ2) is 59.3. The number of ether oxygens (including phenoxy) is 12. The molecule has 0 N–H and O–H groups in total. The van der Waals surface area contributed by atoms with Crippen LogP contribution in [0.25, 0.3) is 0 Å². The Morgan fingerprint density at radius 3 is 0.822 bits per heavy atom. The normalized spacial score (nSPS) is 11.3. The largest absolute Gasteiger partial charge is 0.497 e. The van der Waals surface area contributed by atoms with E-state index in [-0.39, 0.29) is 8.58 Å². The molecule has 0 radical (unpaired) electrons.